The molecular weight excluding hydrogens is 528 g/mol. The number of guanidine groups is 1. The number of aliphatic carboxylic acids is 2. The van der Waals surface area contributed by atoms with Crippen molar-refractivity contribution in [3.63, 3.8) is 0 Å². The monoisotopic (exact) mass is 562 g/mol. The van der Waals surface area contributed by atoms with E-state index < -0.39 is 66.9 Å². The predicted octanol–water partition coefficient (Wildman–Crippen LogP) is -2.90. The Hall–Kier alpha value is -4.70. The van der Waals surface area contributed by atoms with Crippen LogP contribution in [0.15, 0.2) is 35.5 Å². The van der Waals surface area contributed by atoms with Crippen LogP contribution in [-0.2, 0) is 30.4 Å². The first-order chi connectivity index (χ1) is 18.9. The number of carboxylic acid groups (broad SMARTS) is 2. The number of H-pyrrole nitrogens is 1. The molecule has 0 bridgehead atoms. The minimum Gasteiger partial charge on any atom is -0.481 e. The fourth-order valence-electron chi connectivity index (χ4n) is 3.80. The first kappa shape index (κ1) is 31.5. The second-order valence-corrected chi connectivity index (χ2v) is 8.92. The van der Waals surface area contributed by atoms with E-state index >= 15 is 0 Å². The summed E-state index contributed by atoms with van der Waals surface area (Å²) in [5.74, 6) is -5.91. The standard InChI is InChI=1S/C24H34N8O8/c25-14(8-12-10-29-15-5-2-1-4-13(12)15)20(36)31-17(9-19(34)35)22(38)30-16(6-3-7-28-24(26)27)21(37)32-18(11-33)23(39)40/h1-2,4-5,10,14,16-18,29,33H,3,6-9,11,25H2,(H,30,38)(H,31,36)(H,32,37)(H,34,35)(H,39,40)(H4,26,27,28). The third-order valence-electron chi connectivity index (χ3n) is 5.84. The summed E-state index contributed by atoms with van der Waals surface area (Å²) < 4.78 is 0. The Morgan fingerprint density at radius 2 is 1.55 bits per heavy atom. The average molecular weight is 563 g/mol. The number of aromatic amines is 1. The van der Waals surface area contributed by atoms with Gasteiger partial charge in [-0.05, 0) is 30.9 Å². The third-order valence-corrected chi connectivity index (χ3v) is 5.84. The van der Waals surface area contributed by atoms with Crippen molar-refractivity contribution in [3.05, 3.63) is 36.0 Å². The van der Waals surface area contributed by atoms with Gasteiger partial charge in [-0.25, -0.2) is 4.79 Å². The van der Waals surface area contributed by atoms with Gasteiger partial charge in [0.05, 0.1) is 19.1 Å². The van der Waals surface area contributed by atoms with Gasteiger partial charge < -0.3 is 53.5 Å². The molecule has 1 heterocycles. The molecule has 0 radical (unpaired) electrons. The molecule has 4 atom stereocenters. The Labute approximate surface area is 228 Å². The summed E-state index contributed by atoms with van der Waals surface area (Å²) in [5.41, 5.74) is 18.2. The number of amides is 3. The van der Waals surface area contributed by atoms with Crippen LogP contribution in [0.1, 0.15) is 24.8 Å². The number of carbonyl (C=O) groups excluding carboxylic acids is 3. The zero-order chi connectivity index (χ0) is 29.8. The summed E-state index contributed by atoms with van der Waals surface area (Å²) in [5, 5.41) is 35.2. The smallest absolute Gasteiger partial charge is 0.328 e. The zero-order valence-electron chi connectivity index (χ0n) is 21.5. The number of carbonyl (C=O) groups is 5. The molecule has 0 aliphatic carbocycles. The number of nitrogens with two attached hydrogens (primary N) is 3. The van der Waals surface area contributed by atoms with Gasteiger partial charge in [0, 0.05) is 23.6 Å². The van der Waals surface area contributed by atoms with E-state index in [2.05, 4.69) is 25.9 Å². The quantitative estimate of drug-likeness (QED) is 0.0562. The molecule has 16 heteroatoms. The van der Waals surface area contributed by atoms with E-state index in [0.717, 1.165) is 16.5 Å². The highest BCUT2D eigenvalue weighted by Crippen LogP contribution is 2.18. The number of fused-ring (bicyclic) bond motifs is 1. The SMILES string of the molecule is NC(N)=NCCCC(NC(=O)C(CC(=O)O)NC(=O)C(N)Cc1c[nH]c2ccccc12)C(=O)NC(CO)C(=O)O. The van der Waals surface area contributed by atoms with Crippen molar-refractivity contribution in [1.29, 1.82) is 0 Å². The second-order valence-electron chi connectivity index (χ2n) is 8.92. The van der Waals surface area contributed by atoms with Crippen molar-refractivity contribution in [1.82, 2.24) is 20.9 Å². The van der Waals surface area contributed by atoms with Gasteiger partial charge in [-0.2, -0.15) is 0 Å². The molecule has 0 saturated carbocycles. The second kappa shape index (κ2) is 15.0. The lowest BCUT2D eigenvalue weighted by molar-refractivity contribution is -0.144. The number of hydrogen-bond donors (Lipinski definition) is 10. The van der Waals surface area contributed by atoms with Crippen molar-refractivity contribution in [2.45, 2.75) is 49.9 Å². The molecule has 1 aromatic carbocycles. The maximum atomic E-state index is 13.0. The van der Waals surface area contributed by atoms with E-state index in [0.29, 0.717) is 0 Å². The van der Waals surface area contributed by atoms with Crippen molar-refractivity contribution in [3.8, 4) is 0 Å². The average Bonchev–Trinajstić information content (AvgIpc) is 3.30. The number of nitrogens with zero attached hydrogens (tertiary/aromatic N) is 1. The van der Waals surface area contributed by atoms with Crippen LogP contribution in [0.5, 0.6) is 0 Å². The van der Waals surface area contributed by atoms with E-state index in [1.807, 2.05) is 24.3 Å². The van der Waals surface area contributed by atoms with Gasteiger partial charge in [-0.15, -0.1) is 0 Å². The highest BCUT2D eigenvalue weighted by atomic mass is 16.4. The fourth-order valence-corrected chi connectivity index (χ4v) is 3.80. The lowest BCUT2D eigenvalue weighted by atomic mass is 10.0. The number of aliphatic hydroxyl groups excluding tert-OH is 1. The molecule has 4 unspecified atom stereocenters. The number of aromatic nitrogens is 1. The number of para-hydroxylation sites is 1. The van der Waals surface area contributed by atoms with Crippen molar-refractivity contribution >= 4 is 46.5 Å². The molecule has 0 aliphatic rings. The van der Waals surface area contributed by atoms with Crippen molar-refractivity contribution in [2.24, 2.45) is 22.2 Å². The van der Waals surface area contributed by atoms with Crippen molar-refractivity contribution < 1.29 is 39.3 Å². The molecule has 3 amide bonds. The van der Waals surface area contributed by atoms with Gasteiger partial charge in [0.25, 0.3) is 0 Å². The number of aliphatic imine (C=N–C) groups is 1. The largest absolute Gasteiger partial charge is 0.481 e. The molecule has 0 saturated heterocycles. The predicted molar refractivity (Wildman–Crippen MR) is 143 cm³/mol. The molecule has 0 aliphatic heterocycles. The van der Waals surface area contributed by atoms with E-state index in [4.69, 9.17) is 22.3 Å². The Bertz CT molecular complexity index is 1240. The normalized spacial score (nSPS) is 13.8. The van der Waals surface area contributed by atoms with Gasteiger partial charge in [0.15, 0.2) is 5.96 Å². The fraction of sp³-hybridized carbons (Fsp3) is 0.417. The number of carboxylic acids is 2. The number of nitrogens with one attached hydrogen (secondary N) is 4. The third kappa shape index (κ3) is 9.55. The number of rotatable bonds is 16. The zero-order valence-corrected chi connectivity index (χ0v) is 21.5. The van der Waals surface area contributed by atoms with Crippen LogP contribution >= 0.6 is 0 Å². The van der Waals surface area contributed by atoms with Gasteiger partial charge in [-0.1, -0.05) is 18.2 Å². The van der Waals surface area contributed by atoms with E-state index in [-0.39, 0.29) is 31.8 Å². The Morgan fingerprint density at radius 3 is 2.17 bits per heavy atom. The van der Waals surface area contributed by atoms with Crippen LogP contribution in [0.2, 0.25) is 0 Å². The minimum atomic E-state index is -1.65. The van der Waals surface area contributed by atoms with Gasteiger partial charge in [-0.3, -0.25) is 24.2 Å². The summed E-state index contributed by atoms with van der Waals surface area (Å²) in [4.78, 5) is 68.1. The first-order valence-electron chi connectivity index (χ1n) is 12.3. The highest BCUT2D eigenvalue weighted by Gasteiger charge is 2.31. The topological polar surface area (TPSA) is 288 Å². The molecule has 13 N–H and O–H groups in total. The molecule has 0 fully saturated rings. The van der Waals surface area contributed by atoms with Gasteiger partial charge >= 0.3 is 11.9 Å². The summed E-state index contributed by atoms with van der Waals surface area (Å²) in [6, 6.07) is 1.58. The summed E-state index contributed by atoms with van der Waals surface area (Å²) in [6.45, 7) is -0.843. The Kier molecular flexibility index (Phi) is 11.8. The minimum absolute atomic E-state index is 0.0717. The lowest BCUT2D eigenvalue weighted by Gasteiger charge is -2.24. The number of hydrogen-bond acceptors (Lipinski definition) is 8. The number of aliphatic hydroxyl groups is 1. The summed E-state index contributed by atoms with van der Waals surface area (Å²) in [7, 11) is 0. The molecule has 2 rings (SSSR count). The van der Waals surface area contributed by atoms with E-state index in [1.165, 1.54) is 0 Å². The molecule has 218 valence electrons. The Morgan fingerprint density at radius 1 is 0.925 bits per heavy atom. The van der Waals surface area contributed by atoms with E-state index in [1.54, 1.807) is 6.20 Å². The van der Waals surface area contributed by atoms with Crippen LogP contribution in [0, 0.1) is 0 Å². The first-order valence-corrected chi connectivity index (χ1v) is 12.3. The van der Waals surface area contributed by atoms with Crippen LogP contribution in [0.3, 0.4) is 0 Å². The Balaban J connectivity index is 2.14. The lowest BCUT2D eigenvalue weighted by Crippen LogP contribution is -2.58. The summed E-state index contributed by atoms with van der Waals surface area (Å²) in [6.07, 6.45) is 1.04. The molecule has 16 nitrogen and oxygen atoms in total. The molecular formula is C24H34N8O8. The number of benzene rings is 1. The maximum absolute atomic E-state index is 13.0. The van der Waals surface area contributed by atoms with Crippen LogP contribution < -0.4 is 33.2 Å². The van der Waals surface area contributed by atoms with Gasteiger partial charge in [0.2, 0.25) is 17.7 Å². The van der Waals surface area contributed by atoms with E-state index in [9.17, 15) is 34.2 Å². The van der Waals surface area contributed by atoms with Crippen LogP contribution in [0.4, 0.5) is 0 Å². The summed E-state index contributed by atoms with van der Waals surface area (Å²) >= 11 is 0. The molecule has 0 spiro atoms. The van der Waals surface area contributed by atoms with Crippen molar-refractivity contribution in [2.75, 3.05) is 13.2 Å². The maximum Gasteiger partial charge on any atom is 0.328 e. The molecule has 2 aromatic rings. The van der Waals surface area contributed by atoms with Gasteiger partial charge in [0.1, 0.15) is 18.1 Å². The molecule has 1 aromatic heterocycles. The molecule has 40 heavy (non-hydrogen) atoms. The highest BCUT2D eigenvalue weighted by molar-refractivity contribution is 5.96. The van der Waals surface area contributed by atoms with Crippen LogP contribution in [-0.4, -0.2) is 93.2 Å². The van der Waals surface area contributed by atoms with Crippen LogP contribution in [0.25, 0.3) is 10.9 Å².